The number of fused-ring (bicyclic) bond motifs is 1. The highest BCUT2D eigenvalue weighted by atomic mass is 16.5. The third-order valence-electron chi connectivity index (χ3n) is 3.20. The van der Waals surface area contributed by atoms with Gasteiger partial charge in [-0.15, -0.1) is 0 Å². The first kappa shape index (κ1) is 12.7. The van der Waals surface area contributed by atoms with Gasteiger partial charge < -0.3 is 14.0 Å². The van der Waals surface area contributed by atoms with Crippen LogP contribution in [0.1, 0.15) is 19.5 Å². The van der Waals surface area contributed by atoms with Gasteiger partial charge in [-0.05, 0) is 43.7 Å². The largest absolute Gasteiger partial charge is 0.497 e. The van der Waals surface area contributed by atoms with E-state index < -0.39 is 0 Å². The number of aromatic nitrogens is 1. The van der Waals surface area contributed by atoms with Crippen LogP contribution in [0.2, 0.25) is 0 Å². The molecule has 0 radical (unpaired) electrons. The van der Waals surface area contributed by atoms with Crippen molar-refractivity contribution >= 4 is 16.5 Å². The minimum atomic E-state index is 0.552. The maximum atomic E-state index is 5.29. The van der Waals surface area contributed by atoms with Gasteiger partial charge in [0.1, 0.15) is 12.5 Å². The van der Waals surface area contributed by atoms with Crippen molar-refractivity contribution in [2.24, 2.45) is 0 Å². The summed E-state index contributed by atoms with van der Waals surface area (Å²) in [5.74, 6) is 0.877. The fraction of sp³-hybridized carbons (Fsp3) is 0.333. The van der Waals surface area contributed by atoms with Crippen LogP contribution >= 0.6 is 0 Å². The molecule has 0 N–H and O–H groups in total. The smallest absolute Gasteiger partial charge is 0.123 e. The molecule has 2 aromatic rings. The summed E-state index contributed by atoms with van der Waals surface area (Å²) < 4.78 is 12.7. The van der Waals surface area contributed by atoms with Gasteiger partial charge in [-0.1, -0.05) is 6.08 Å². The molecule has 0 aliphatic carbocycles. The minimum Gasteiger partial charge on any atom is -0.497 e. The van der Waals surface area contributed by atoms with E-state index in [1.165, 1.54) is 16.7 Å². The van der Waals surface area contributed by atoms with Gasteiger partial charge in [0.05, 0.1) is 12.6 Å². The van der Waals surface area contributed by atoms with Gasteiger partial charge >= 0.3 is 0 Å². The molecule has 2 rings (SSSR count). The normalized spacial score (nSPS) is 12.1. The highest BCUT2D eigenvalue weighted by Gasteiger charge is 2.10. The molecule has 18 heavy (non-hydrogen) atoms. The van der Waals surface area contributed by atoms with Crippen LogP contribution < -0.4 is 4.74 Å². The van der Waals surface area contributed by atoms with E-state index in [1.54, 1.807) is 14.2 Å². The molecule has 0 aliphatic heterocycles. The van der Waals surface area contributed by atoms with Gasteiger partial charge in [-0.2, -0.15) is 0 Å². The number of methoxy groups -OCH3 is 2. The molecule has 3 nitrogen and oxygen atoms in total. The van der Waals surface area contributed by atoms with Crippen LogP contribution in [0.4, 0.5) is 0 Å². The summed E-state index contributed by atoms with van der Waals surface area (Å²) in [6, 6.07) is 8.27. The lowest BCUT2D eigenvalue weighted by atomic mass is 10.2. The molecule has 0 spiro atoms. The minimum absolute atomic E-state index is 0.552. The number of ether oxygens (including phenoxy) is 2. The molecule has 1 aromatic carbocycles. The number of allylic oxidation sites excluding steroid dienone is 2. The topological polar surface area (TPSA) is 23.4 Å². The first-order chi connectivity index (χ1) is 8.71. The average Bonchev–Trinajstić information content (AvgIpc) is 2.76. The zero-order valence-electron chi connectivity index (χ0n) is 11.4. The number of rotatable bonds is 4. The van der Waals surface area contributed by atoms with Crippen LogP contribution in [0, 0.1) is 0 Å². The zero-order valence-corrected chi connectivity index (χ0v) is 11.4. The standard InChI is InChI=1S/C15H19NO2/c1-5-11(2)15-9-12-8-13(18-4)6-7-14(12)16(15)10-17-3/h5-9H,10H2,1-4H3. The number of hydrogen-bond acceptors (Lipinski definition) is 2. The Balaban J connectivity index is 2.66. The monoisotopic (exact) mass is 245 g/mol. The van der Waals surface area contributed by atoms with Crippen LogP contribution in [0.3, 0.4) is 0 Å². The van der Waals surface area contributed by atoms with Crippen molar-refractivity contribution in [2.75, 3.05) is 14.2 Å². The molecule has 0 saturated heterocycles. The molecule has 0 aliphatic rings. The molecule has 1 aromatic heterocycles. The maximum Gasteiger partial charge on any atom is 0.123 e. The van der Waals surface area contributed by atoms with Crippen LogP contribution in [-0.4, -0.2) is 18.8 Å². The fourth-order valence-corrected chi connectivity index (χ4v) is 2.12. The van der Waals surface area contributed by atoms with Gasteiger partial charge in [-0.3, -0.25) is 0 Å². The summed E-state index contributed by atoms with van der Waals surface area (Å²) >= 11 is 0. The second kappa shape index (κ2) is 5.27. The number of nitrogens with zero attached hydrogens (tertiary/aromatic N) is 1. The van der Waals surface area contributed by atoms with E-state index in [0.717, 1.165) is 11.3 Å². The summed E-state index contributed by atoms with van der Waals surface area (Å²) in [5, 5.41) is 1.17. The average molecular weight is 245 g/mol. The Labute approximate surface area is 108 Å². The number of hydrogen-bond donors (Lipinski definition) is 0. The van der Waals surface area contributed by atoms with Crippen molar-refractivity contribution in [3.63, 3.8) is 0 Å². The Bertz CT molecular complexity index is 581. The summed E-state index contributed by atoms with van der Waals surface area (Å²) in [6.45, 7) is 4.71. The fourth-order valence-electron chi connectivity index (χ4n) is 2.12. The highest BCUT2D eigenvalue weighted by molar-refractivity contribution is 5.86. The van der Waals surface area contributed by atoms with Gasteiger partial charge in [0.15, 0.2) is 0 Å². The summed E-state index contributed by atoms with van der Waals surface area (Å²) in [4.78, 5) is 0. The lowest BCUT2D eigenvalue weighted by Crippen LogP contribution is -2.03. The lowest BCUT2D eigenvalue weighted by molar-refractivity contribution is 0.134. The second-order valence-electron chi connectivity index (χ2n) is 4.27. The highest BCUT2D eigenvalue weighted by Crippen LogP contribution is 2.28. The molecular weight excluding hydrogens is 226 g/mol. The van der Waals surface area contributed by atoms with Crippen LogP contribution in [0.5, 0.6) is 5.75 Å². The summed E-state index contributed by atoms with van der Waals surface area (Å²) in [7, 11) is 3.40. The van der Waals surface area contributed by atoms with Crippen molar-refractivity contribution in [3.8, 4) is 5.75 Å². The Morgan fingerprint density at radius 2 is 2.06 bits per heavy atom. The van der Waals surface area contributed by atoms with E-state index in [4.69, 9.17) is 9.47 Å². The van der Waals surface area contributed by atoms with Crippen molar-refractivity contribution in [2.45, 2.75) is 20.6 Å². The molecule has 0 amide bonds. The van der Waals surface area contributed by atoms with Crippen LogP contribution in [0.15, 0.2) is 30.3 Å². The second-order valence-corrected chi connectivity index (χ2v) is 4.27. The third kappa shape index (κ3) is 2.14. The number of benzene rings is 1. The molecule has 0 unspecified atom stereocenters. The van der Waals surface area contributed by atoms with E-state index in [-0.39, 0.29) is 0 Å². The van der Waals surface area contributed by atoms with E-state index in [9.17, 15) is 0 Å². The summed E-state index contributed by atoms with van der Waals surface area (Å²) in [5.41, 5.74) is 3.58. The molecule has 3 heteroatoms. The van der Waals surface area contributed by atoms with Gasteiger partial charge in [0.25, 0.3) is 0 Å². The first-order valence-electron chi connectivity index (χ1n) is 6.00. The van der Waals surface area contributed by atoms with E-state index >= 15 is 0 Å². The Hall–Kier alpha value is -1.74. The zero-order chi connectivity index (χ0) is 13.1. The van der Waals surface area contributed by atoms with Crippen molar-refractivity contribution < 1.29 is 9.47 Å². The van der Waals surface area contributed by atoms with Crippen LogP contribution in [-0.2, 0) is 11.5 Å². The van der Waals surface area contributed by atoms with E-state index in [2.05, 4.69) is 29.7 Å². The Morgan fingerprint density at radius 1 is 1.28 bits per heavy atom. The predicted octanol–water partition coefficient (Wildman–Crippen LogP) is 3.68. The maximum absolute atomic E-state index is 5.29. The third-order valence-corrected chi connectivity index (χ3v) is 3.20. The van der Waals surface area contributed by atoms with Crippen molar-refractivity contribution in [1.29, 1.82) is 0 Å². The molecule has 0 atom stereocenters. The SMILES string of the molecule is CC=C(C)c1cc2cc(OC)ccc2n1COC. The Morgan fingerprint density at radius 3 is 2.67 bits per heavy atom. The predicted molar refractivity (Wildman–Crippen MR) is 74.8 cm³/mol. The van der Waals surface area contributed by atoms with E-state index in [0.29, 0.717) is 6.73 Å². The quantitative estimate of drug-likeness (QED) is 0.820. The van der Waals surface area contributed by atoms with Crippen LogP contribution in [0.25, 0.3) is 16.5 Å². The van der Waals surface area contributed by atoms with Gasteiger partial charge in [0.2, 0.25) is 0 Å². The molecule has 0 saturated carbocycles. The lowest BCUT2D eigenvalue weighted by Gasteiger charge is -2.09. The van der Waals surface area contributed by atoms with Gasteiger partial charge in [0, 0.05) is 18.2 Å². The molecule has 96 valence electrons. The van der Waals surface area contributed by atoms with Crippen molar-refractivity contribution in [1.82, 2.24) is 4.57 Å². The Kier molecular flexibility index (Phi) is 3.72. The molecule has 0 fully saturated rings. The van der Waals surface area contributed by atoms with Gasteiger partial charge in [-0.25, -0.2) is 0 Å². The first-order valence-corrected chi connectivity index (χ1v) is 6.00. The molecule has 1 heterocycles. The van der Waals surface area contributed by atoms with E-state index in [1.807, 2.05) is 19.1 Å². The molecular formula is C15H19NO2. The molecule has 0 bridgehead atoms. The summed E-state index contributed by atoms with van der Waals surface area (Å²) in [6.07, 6.45) is 2.11. The van der Waals surface area contributed by atoms with Crippen molar-refractivity contribution in [3.05, 3.63) is 36.0 Å².